The highest BCUT2D eigenvalue weighted by Gasteiger charge is 2.21. The maximum atomic E-state index is 10.7. The zero-order valence-electron chi connectivity index (χ0n) is 9.92. The van der Waals surface area contributed by atoms with Crippen LogP contribution in [0.1, 0.15) is 11.6 Å². The van der Waals surface area contributed by atoms with Crippen LogP contribution in [0.3, 0.4) is 0 Å². The molecule has 0 aliphatic heterocycles. The number of H-pyrrole nitrogens is 1. The lowest BCUT2D eigenvalue weighted by atomic mass is 10.1. The van der Waals surface area contributed by atoms with Crippen LogP contribution in [0.5, 0.6) is 0 Å². The van der Waals surface area contributed by atoms with Crippen molar-refractivity contribution in [1.29, 1.82) is 5.26 Å². The number of aromatic nitrogens is 1. The minimum atomic E-state index is -0.947. The zero-order valence-corrected chi connectivity index (χ0v) is 9.92. The van der Waals surface area contributed by atoms with Gasteiger partial charge in [0.15, 0.2) is 0 Å². The molecule has 2 aromatic rings. The zero-order chi connectivity index (χ0) is 13.1. The van der Waals surface area contributed by atoms with E-state index in [0.29, 0.717) is 0 Å². The van der Waals surface area contributed by atoms with Crippen molar-refractivity contribution < 1.29 is 9.90 Å². The summed E-state index contributed by atoms with van der Waals surface area (Å²) in [5.74, 6) is -0.947. The van der Waals surface area contributed by atoms with Gasteiger partial charge in [0.05, 0.1) is 12.6 Å². The number of nitrogens with one attached hydrogen (secondary N) is 1. The molecule has 0 saturated carbocycles. The van der Waals surface area contributed by atoms with Gasteiger partial charge in [-0.3, -0.25) is 9.69 Å². The average molecular weight is 243 g/mol. The molecule has 1 unspecified atom stereocenters. The van der Waals surface area contributed by atoms with Crippen molar-refractivity contribution in [3.63, 3.8) is 0 Å². The van der Waals surface area contributed by atoms with Gasteiger partial charge in [-0.15, -0.1) is 0 Å². The van der Waals surface area contributed by atoms with Crippen molar-refractivity contribution >= 4 is 16.9 Å². The van der Waals surface area contributed by atoms with Crippen molar-refractivity contribution in [2.45, 2.75) is 6.04 Å². The summed E-state index contributed by atoms with van der Waals surface area (Å²) in [6.07, 6.45) is 1.76. The Bertz CT molecular complexity index is 612. The summed E-state index contributed by atoms with van der Waals surface area (Å²) in [6, 6.07) is 9.21. The Morgan fingerprint density at radius 1 is 1.56 bits per heavy atom. The van der Waals surface area contributed by atoms with Crippen molar-refractivity contribution in [3.8, 4) is 6.07 Å². The van der Waals surface area contributed by atoms with Gasteiger partial charge in [-0.25, -0.2) is 0 Å². The molecule has 92 valence electrons. The molecule has 0 saturated heterocycles. The number of carboxylic acid groups (broad SMARTS) is 1. The second-order valence-corrected chi connectivity index (χ2v) is 4.13. The number of nitrogens with zero attached hydrogens (tertiary/aromatic N) is 2. The number of carboxylic acids is 1. The predicted octanol–water partition coefficient (Wildman–Crippen LogP) is 1.75. The number of carbonyl (C=O) groups is 1. The largest absolute Gasteiger partial charge is 0.480 e. The lowest BCUT2D eigenvalue weighted by Gasteiger charge is -2.19. The monoisotopic (exact) mass is 243 g/mol. The Labute approximate surface area is 104 Å². The maximum Gasteiger partial charge on any atom is 0.317 e. The van der Waals surface area contributed by atoms with E-state index < -0.39 is 12.0 Å². The molecule has 5 heteroatoms. The van der Waals surface area contributed by atoms with E-state index in [9.17, 15) is 10.1 Å². The summed E-state index contributed by atoms with van der Waals surface area (Å²) in [5.41, 5.74) is 1.74. The number of aromatic amines is 1. The van der Waals surface area contributed by atoms with Gasteiger partial charge >= 0.3 is 5.97 Å². The van der Waals surface area contributed by atoms with Crippen molar-refractivity contribution in [1.82, 2.24) is 9.88 Å². The highest BCUT2D eigenvalue weighted by molar-refractivity contribution is 5.84. The van der Waals surface area contributed by atoms with Crippen LogP contribution in [-0.2, 0) is 4.79 Å². The van der Waals surface area contributed by atoms with E-state index in [1.165, 1.54) is 4.90 Å². The number of hydrogen-bond acceptors (Lipinski definition) is 3. The second-order valence-electron chi connectivity index (χ2n) is 4.13. The number of benzene rings is 1. The van der Waals surface area contributed by atoms with Crippen LogP contribution in [0, 0.1) is 11.3 Å². The molecule has 0 aliphatic carbocycles. The topological polar surface area (TPSA) is 80.1 Å². The molecule has 1 aromatic carbocycles. The first kappa shape index (κ1) is 12.1. The van der Waals surface area contributed by atoms with Crippen LogP contribution in [-0.4, -0.2) is 34.6 Å². The van der Waals surface area contributed by atoms with E-state index in [-0.39, 0.29) is 6.54 Å². The summed E-state index contributed by atoms with van der Waals surface area (Å²) >= 11 is 0. The lowest BCUT2D eigenvalue weighted by molar-refractivity contribution is -0.138. The highest BCUT2D eigenvalue weighted by atomic mass is 16.4. The van der Waals surface area contributed by atoms with Crippen LogP contribution in [0.2, 0.25) is 0 Å². The SMILES string of the molecule is CN(CC(=O)O)C(C#N)c1c[nH]c2ccccc12. The molecular weight excluding hydrogens is 230 g/mol. The van der Waals surface area contributed by atoms with E-state index >= 15 is 0 Å². The minimum absolute atomic E-state index is 0.169. The van der Waals surface area contributed by atoms with Crippen LogP contribution < -0.4 is 0 Å². The third-order valence-corrected chi connectivity index (χ3v) is 2.86. The van der Waals surface area contributed by atoms with Gasteiger partial charge < -0.3 is 10.1 Å². The fourth-order valence-corrected chi connectivity index (χ4v) is 2.03. The van der Waals surface area contributed by atoms with Gasteiger partial charge in [0.25, 0.3) is 0 Å². The number of rotatable bonds is 4. The number of likely N-dealkylation sites (N-methyl/N-ethyl adjacent to an activating group) is 1. The first-order valence-corrected chi connectivity index (χ1v) is 5.51. The standard InChI is InChI=1S/C13H13N3O2/c1-16(8-13(17)18)12(6-14)10-7-15-11-5-3-2-4-9(10)11/h2-5,7,12,15H,8H2,1H3,(H,17,18). The fourth-order valence-electron chi connectivity index (χ4n) is 2.03. The average Bonchev–Trinajstić information content (AvgIpc) is 2.73. The first-order chi connectivity index (χ1) is 8.63. The van der Waals surface area contributed by atoms with E-state index in [0.717, 1.165) is 16.5 Å². The Morgan fingerprint density at radius 2 is 2.28 bits per heavy atom. The number of para-hydroxylation sites is 1. The molecule has 18 heavy (non-hydrogen) atoms. The molecule has 0 aliphatic rings. The summed E-state index contributed by atoms with van der Waals surface area (Å²) in [4.78, 5) is 15.3. The fraction of sp³-hybridized carbons (Fsp3) is 0.231. The summed E-state index contributed by atoms with van der Waals surface area (Å²) in [7, 11) is 1.63. The molecule has 1 heterocycles. The highest BCUT2D eigenvalue weighted by Crippen LogP contribution is 2.26. The molecule has 0 radical (unpaired) electrons. The predicted molar refractivity (Wildman–Crippen MR) is 66.9 cm³/mol. The number of fused-ring (bicyclic) bond motifs is 1. The molecular formula is C13H13N3O2. The smallest absolute Gasteiger partial charge is 0.317 e. The number of hydrogen-bond donors (Lipinski definition) is 2. The van der Waals surface area contributed by atoms with E-state index in [1.54, 1.807) is 13.2 Å². The Kier molecular flexibility index (Phi) is 3.31. The minimum Gasteiger partial charge on any atom is -0.480 e. The van der Waals surface area contributed by atoms with E-state index in [4.69, 9.17) is 5.11 Å². The third-order valence-electron chi connectivity index (χ3n) is 2.86. The molecule has 2 rings (SSSR count). The molecule has 0 fully saturated rings. The second kappa shape index (κ2) is 4.90. The molecule has 2 N–H and O–H groups in total. The summed E-state index contributed by atoms with van der Waals surface area (Å²) < 4.78 is 0. The van der Waals surface area contributed by atoms with Crippen LogP contribution in [0.25, 0.3) is 10.9 Å². The van der Waals surface area contributed by atoms with Crippen LogP contribution >= 0.6 is 0 Å². The summed E-state index contributed by atoms with van der Waals surface area (Å²) in [6.45, 7) is -0.169. The van der Waals surface area contributed by atoms with Crippen molar-refractivity contribution in [2.24, 2.45) is 0 Å². The van der Waals surface area contributed by atoms with Gasteiger partial charge in [-0.05, 0) is 13.1 Å². The van der Waals surface area contributed by atoms with Gasteiger partial charge in [-0.2, -0.15) is 5.26 Å². The number of nitriles is 1. The molecule has 5 nitrogen and oxygen atoms in total. The molecule has 0 bridgehead atoms. The van der Waals surface area contributed by atoms with Crippen LogP contribution in [0.15, 0.2) is 30.5 Å². The van der Waals surface area contributed by atoms with Gasteiger partial charge in [0.1, 0.15) is 6.04 Å². The first-order valence-electron chi connectivity index (χ1n) is 5.51. The normalized spacial score (nSPS) is 12.5. The van der Waals surface area contributed by atoms with Crippen LogP contribution in [0.4, 0.5) is 0 Å². The summed E-state index contributed by atoms with van der Waals surface area (Å²) in [5, 5.41) is 19.0. The van der Waals surface area contributed by atoms with E-state index in [1.807, 2.05) is 24.3 Å². The maximum absolute atomic E-state index is 10.7. The quantitative estimate of drug-likeness (QED) is 0.857. The van der Waals surface area contributed by atoms with Gasteiger partial charge in [0, 0.05) is 22.7 Å². The Morgan fingerprint density at radius 3 is 2.94 bits per heavy atom. The Hall–Kier alpha value is -2.32. The van der Waals surface area contributed by atoms with Gasteiger partial charge in [-0.1, -0.05) is 18.2 Å². The lowest BCUT2D eigenvalue weighted by Crippen LogP contribution is -2.29. The Balaban J connectivity index is 2.39. The van der Waals surface area contributed by atoms with Crippen molar-refractivity contribution in [3.05, 3.63) is 36.0 Å². The van der Waals surface area contributed by atoms with E-state index in [2.05, 4.69) is 11.1 Å². The number of aliphatic carboxylic acids is 1. The molecule has 1 aromatic heterocycles. The molecule has 0 amide bonds. The third kappa shape index (κ3) is 2.19. The molecule has 0 spiro atoms. The van der Waals surface area contributed by atoms with Gasteiger partial charge in [0.2, 0.25) is 0 Å². The van der Waals surface area contributed by atoms with Crippen molar-refractivity contribution in [2.75, 3.05) is 13.6 Å². The molecule has 1 atom stereocenters.